The molecule has 0 bridgehead atoms. The molecule has 1 amide bonds. The minimum atomic E-state index is -0.554. The fourth-order valence-corrected chi connectivity index (χ4v) is 0.456. The van der Waals surface area contributed by atoms with E-state index in [0.717, 1.165) is 5.70 Å². The van der Waals surface area contributed by atoms with Crippen LogP contribution in [0.5, 0.6) is 0 Å². The van der Waals surface area contributed by atoms with Crippen LogP contribution in [0.15, 0.2) is 29.4 Å². The molecular weight excluding hydrogens is 140 g/mol. The molecule has 0 rings (SSSR count). The summed E-state index contributed by atoms with van der Waals surface area (Å²) in [6, 6.07) is 0. The second-order valence-electron chi connectivity index (χ2n) is 2.00. The average Bonchev–Trinajstić information content (AvgIpc) is 1.99. The van der Waals surface area contributed by atoms with Crippen molar-refractivity contribution in [3.8, 4) is 0 Å². The van der Waals surface area contributed by atoms with E-state index >= 15 is 0 Å². The van der Waals surface area contributed by atoms with Crippen molar-refractivity contribution in [3.63, 3.8) is 0 Å². The van der Waals surface area contributed by atoms with E-state index in [1.165, 1.54) is 6.08 Å². The molecule has 0 heterocycles. The van der Waals surface area contributed by atoms with Crippen molar-refractivity contribution in [2.45, 2.75) is 13.8 Å². The third kappa shape index (κ3) is 3.35. The minimum absolute atomic E-state index is 0.195. The summed E-state index contributed by atoms with van der Waals surface area (Å²) in [5.41, 5.74) is 5.93. The van der Waals surface area contributed by atoms with Crippen molar-refractivity contribution in [3.05, 3.63) is 24.4 Å². The maximum absolute atomic E-state index is 10.6. The highest BCUT2D eigenvalue weighted by Gasteiger charge is 1.99. The molecule has 0 aromatic carbocycles. The first kappa shape index (κ1) is 9.62. The maximum Gasteiger partial charge on any atom is 0.267 e. The van der Waals surface area contributed by atoms with Crippen LogP contribution in [-0.4, -0.2) is 11.6 Å². The van der Waals surface area contributed by atoms with E-state index in [4.69, 9.17) is 5.73 Å². The SMILES string of the molecule is C=CC(=N/C(C)=C/C)C(N)=O. The highest BCUT2D eigenvalue weighted by molar-refractivity contribution is 6.42. The van der Waals surface area contributed by atoms with E-state index in [9.17, 15) is 4.79 Å². The molecule has 0 fully saturated rings. The molecule has 0 aliphatic rings. The Bertz CT molecular complexity index is 226. The second-order valence-corrected chi connectivity index (χ2v) is 2.00. The third-order valence-corrected chi connectivity index (χ3v) is 1.16. The zero-order valence-electron chi connectivity index (χ0n) is 6.79. The van der Waals surface area contributed by atoms with E-state index < -0.39 is 5.91 Å². The van der Waals surface area contributed by atoms with Crippen LogP contribution in [0.1, 0.15) is 13.8 Å². The van der Waals surface area contributed by atoms with Gasteiger partial charge in [-0.25, -0.2) is 4.99 Å². The van der Waals surface area contributed by atoms with Gasteiger partial charge in [-0.1, -0.05) is 12.7 Å². The molecule has 0 aromatic heterocycles. The standard InChI is InChI=1S/C8H12N2O/c1-4-6(3)10-7(5-2)8(9)11/h4-5H,2H2,1,3H3,(H2,9,11)/b6-4+,10-7?. The number of nitrogens with zero attached hydrogens (tertiary/aromatic N) is 1. The van der Waals surface area contributed by atoms with E-state index in [0.29, 0.717) is 0 Å². The molecule has 0 unspecified atom stereocenters. The number of rotatable bonds is 3. The first-order chi connectivity index (χ1) is 5.11. The molecule has 0 saturated carbocycles. The number of allylic oxidation sites excluding steroid dienone is 2. The van der Waals surface area contributed by atoms with Gasteiger partial charge in [-0.3, -0.25) is 4.79 Å². The fraction of sp³-hybridized carbons (Fsp3) is 0.250. The number of carbonyl (C=O) groups is 1. The van der Waals surface area contributed by atoms with E-state index in [2.05, 4.69) is 11.6 Å². The Hall–Kier alpha value is -1.38. The van der Waals surface area contributed by atoms with Crippen LogP contribution in [0.4, 0.5) is 0 Å². The van der Waals surface area contributed by atoms with Crippen molar-refractivity contribution in [1.29, 1.82) is 0 Å². The number of nitrogens with two attached hydrogens (primary N) is 1. The van der Waals surface area contributed by atoms with Gasteiger partial charge in [-0.05, 0) is 19.9 Å². The Labute approximate surface area is 66.3 Å². The summed E-state index contributed by atoms with van der Waals surface area (Å²) in [6.45, 7) is 7.03. The Morgan fingerprint density at radius 1 is 1.64 bits per heavy atom. The third-order valence-electron chi connectivity index (χ3n) is 1.16. The van der Waals surface area contributed by atoms with Gasteiger partial charge in [0.1, 0.15) is 5.71 Å². The van der Waals surface area contributed by atoms with Crippen LogP contribution in [0.3, 0.4) is 0 Å². The van der Waals surface area contributed by atoms with Gasteiger partial charge in [0.2, 0.25) is 0 Å². The zero-order chi connectivity index (χ0) is 8.85. The number of primary amides is 1. The van der Waals surface area contributed by atoms with Gasteiger partial charge < -0.3 is 5.73 Å². The molecule has 0 atom stereocenters. The lowest BCUT2D eigenvalue weighted by Gasteiger charge is -1.94. The number of hydrogen-bond acceptors (Lipinski definition) is 2. The topological polar surface area (TPSA) is 55.4 Å². The van der Waals surface area contributed by atoms with Crippen LogP contribution in [-0.2, 0) is 4.79 Å². The molecule has 2 N–H and O–H groups in total. The van der Waals surface area contributed by atoms with Gasteiger partial charge in [-0.15, -0.1) is 0 Å². The predicted molar refractivity (Wildman–Crippen MR) is 46.3 cm³/mol. The quantitative estimate of drug-likeness (QED) is 0.603. The Kier molecular flexibility index (Phi) is 3.88. The van der Waals surface area contributed by atoms with Crippen molar-refractivity contribution in [2.24, 2.45) is 10.7 Å². The number of aliphatic imine (C=N–C) groups is 1. The lowest BCUT2D eigenvalue weighted by Crippen LogP contribution is -2.21. The van der Waals surface area contributed by atoms with E-state index in [1.54, 1.807) is 13.0 Å². The van der Waals surface area contributed by atoms with Crippen LogP contribution in [0, 0.1) is 0 Å². The Morgan fingerprint density at radius 3 is 2.45 bits per heavy atom. The lowest BCUT2D eigenvalue weighted by molar-refractivity contribution is -0.111. The first-order valence-corrected chi connectivity index (χ1v) is 3.25. The number of amides is 1. The molecular formula is C8H12N2O. The van der Waals surface area contributed by atoms with Gasteiger partial charge in [0, 0.05) is 5.70 Å². The number of hydrogen-bond donors (Lipinski definition) is 1. The molecule has 11 heavy (non-hydrogen) atoms. The van der Waals surface area contributed by atoms with E-state index in [-0.39, 0.29) is 5.71 Å². The van der Waals surface area contributed by atoms with Crippen LogP contribution < -0.4 is 5.73 Å². The molecule has 0 spiro atoms. The van der Waals surface area contributed by atoms with Gasteiger partial charge in [-0.2, -0.15) is 0 Å². The lowest BCUT2D eigenvalue weighted by atomic mass is 10.3. The molecule has 0 aromatic rings. The smallest absolute Gasteiger partial charge is 0.267 e. The summed E-state index contributed by atoms with van der Waals surface area (Å²) in [7, 11) is 0. The fourth-order valence-electron chi connectivity index (χ4n) is 0.456. The van der Waals surface area contributed by atoms with Gasteiger partial charge >= 0.3 is 0 Å². The Balaban J connectivity index is 4.62. The summed E-state index contributed by atoms with van der Waals surface area (Å²) < 4.78 is 0. The van der Waals surface area contributed by atoms with Gasteiger partial charge in [0.05, 0.1) is 0 Å². The summed E-state index contributed by atoms with van der Waals surface area (Å²) in [5.74, 6) is -0.554. The summed E-state index contributed by atoms with van der Waals surface area (Å²) in [4.78, 5) is 14.5. The summed E-state index contributed by atoms with van der Waals surface area (Å²) in [5, 5.41) is 0. The monoisotopic (exact) mass is 152 g/mol. The highest BCUT2D eigenvalue weighted by atomic mass is 16.1. The molecule has 0 aliphatic carbocycles. The molecule has 60 valence electrons. The van der Waals surface area contributed by atoms with Crippen molar-refractivity contribution in [2.75, 3.05) is 0 Å². The minimum Gasteiger partial charge on any atom is -0.364 e. The van der Waals surface area contributed by atoms with Gasteiger partial charge in [0.25, 0.3) is 5.91 Å². The number of carbonyl (C=O) groups excluding carboxylic acids is 1. The average molecular weight is 152 g/mol. The molecule has 0 aliphatic heterocycles. The van der Waals surface area contributed by atoms with Crippen molar-refractivity contribution in [1.82, 2.24) is 0 Å². The molecule has 3 heteroatoms. The Morgan fingerprint density at radius 2 is 2.18 bits per heavy atom. The highest BCUT2D eigenvalue weighted by Crippen LogP contribution is 1.94. The largest absolute Gasteiger partial charge is 0.364 e. The van der Waals surface area contributed by atoms with Crippen molar-refractivity contribution >= 4 is 11.6 Å². The van der Waals surface area contributed by atoms with Crippen LogP contribution >= 0.6 is 0 Å². The first-order valence-electron chi connectivity index (χ1n) is 3.25. The van der Waals surface area contributed by atoms with E-state index in [1.807, 2.05) is 6.92 Å². The van der Waals surface area contributed by atoms with Gasteiger partial charge in [0.15, 0.2) is 0 Å². The van der Waals surface area contributed by atoms with Crippen molar-refractivity contribution < 1.29 is 4.79 Å². The molecule has 3 nitrogen and oxygen atoms in total. The summed E-state index contributed by atoms with van der Waals surface area (Å²) in [6.07, 6.45) is 3.13. The molecule has 0 saturated heterocycles. The second kappa shape index (κ2) is 4.44. The van der Waals surface area contributed by atoms with Crippen LogP contribution in [0.25, 0.3) is 0 Å². The zero-order valence-corrected chi connectivity index (χ0v) is 6.79. The normalized spacial score (nSPS) is 12.9. The molecule has 0 radical (unpaired) electrons. The van der Waals surface area contributed by atoms with Crippen LogP contribution in [0.2, 0.25) is 0 Å². The predicted octanol–water partition coefficient (Wildman–Crippen LogP) is 1.02. The summed E-state index contributed by atoms with van der Waals surface area (Å²) >= 11 is 0. The maximum atomic E-state index is 10.6.